The lowest BCUT2D eigenvalue weighted by molar-refractivity contribution is 0.0304. The Bertz CT molecular complexity index is 619. The zero-order chi connectivity index (χ0) is 15.5. The van der Waals surface area contributed by atoms with Crippen molar-refractivity contribution in [1.29, 1.82) is 0 Å². The number of nitrogens with one attached hydrogen (secondary N) is 1. The van der Waals surface area contributed by atoms with Crippen LogP contribution in [0.2, 0.25) is 0 Å². The number of benzene rings is 1. The van der Waals surface area contributed by atoms with Gasteiger partial charge in [-0.3, -0.25) is 4.79 Å². The molecule has 1 aliphatic heterocycles. The average Bonchev–Trinajstić information content (AvgIpc) is 2.41. The molecular formula is C15H21NO4S. The topological polar surface area (TPSA) is 72.5 Å². The number of amides is 1. The van der Waals surface area contributed by atoms with E-state index in [0.717, 1.165) is 30.4 Å². The maximum Gasteiger partial charge on any atom is 0.264 e. The van der Waals surface area contributed by atoms with Crippen LogP contribution >= 0.6 is 0 Å². The molecule has 0 radical (unpaired) electrons. The Hall–Kier alpha value is -1.40. The fraction of sp³-hybridized carbons (Fsp3) is 0.533. The second-order valence-electron chi connectivity index (χ2n) is 5.50. The summed E-state index contributed by atoms with van der Waals surface area (Å²) in [6.07, 6.45) is 2.33. The Balaban J connectivity index is 2.01. The molecule has 2 rings (SSSR count). The van der Waals surface area contributed by atoms with Gasteiger partial charge >= 0.3 is 0 Å². The molecule has 0 aliphatic carbocycles. The lowest BCUT2D eigenvalue weighted by Crippen LogP contribution is -2.38. The second kappa shape index (κ2) is 6.58. The molecule has 1 heterocycles. The van der Waals surface area contributed by atoms with E-state index in [4.69, 9.17) is 4.74 Å². The van der Waals surface area contributed by atoms with Gasteiger partial charge in [-0.1, -0.05) is 6.07 Å². The Morgan fingerprint density at radius 3 is 2.67 bits per heavy atom. The van der Waals surface area contributed by atoms with Gasteiger partial charge in [-0.15, -0.1) is 0 Å². The largest absolute Gasteiger partial charge is 0.377 e. The maximum atomic E-state index is 12.0. The first kappa shape index (κ1) is 16.0. The van der Waals surface area contributed by atoms with Crippen molar-refractivity contribution < 1.29 is 17.9 Å². The van der Waals surface area contributed by atoms with Crippen molar-refractivity contribution in [3.63, 3.8) is 0 Å². The third-order valence-corrected chi connectivity index (χ3v) is 5.00. The van der Waals surface area contributed by atoms with Gasteiger partial charge in [0.25, 0.3) is 5.91 Å². The molecule has 0 aromatic heterocycles. The maximum absolute atomic E-state index is 12.0. The molecule has 1 amide bonds. The molecule has 1 aromatic rings. The number of ether oxygens (including phenoxy) is 1. The Kier molecular flexibility index (Phi) is 5.00. The van der Waals surface area contributed by atoms with Crippen LogP contribution in [0.4, 0.5) is 0 Å². The van der Waals surface area contributed by atoms with E-state index >= 15 is 0 Å². The molecule has 1 atom stereocenters. The van der Waals surface area contributed by atoms with Crippen LogP contribution in [0.5, 0.6) is 0 Å². The SMILES string of the molecule is Cc1ccc(C(=O)NS(=O)(=O)C[C@@H]2CCCCO2)cc1C. The standard InChI is InChI=1S/C15H21NO4S/c1-11-6-7-13(9-12(11)2)15(17)16-21(18,19)10-14-5-3-4-8-20-14/h6-7,9,14H,3-5,8,10H2,1-2H3,(H,16,17)/t14-/m0/s1. The van der Waals surface area contributed by atoms with Crippen molar-refractivity contribution in [1.82, 2.24) is 4.72 Å². The number of hydrogen-bond donors (Lipinski definition) is 1. The summed E-state index contributed by atoms with van der Waals surface area (Å²) < 4.78 is 31.6. The summed E-state index contributed by atoms with van der Waals surface area (Å²) in [5.41, 5.74) is 2.37. The van der Waals surface area contributed by atoms with Gasteiger partial charge in [0, 0.05) is 12.2 Å². The normalized spacial score (nSPS) is 19.2. The molecular weight excluding hydrogens is 290 g/mol. The Labute approximate surface area is 125 Å². The van der Waals surface area contributed by atoms with Crippen LogP contribution in [0.15, 0.2) is 18.2 Å². The fourth-order valence-corrected chi connectivity index (χ4v) is 3.54. The van der Waals surface area contributed by atoms with Crippen LogP contribution in [-0.2, 0) is 14.8 Å². The smallest absolute Gasteiger partial charge is 0.264 e. The highest BCUT2D eigenvalue weighted by atomic mass is 32.2. The summed E-state index contributed by atoms with van der Waals surface area (Å²) in [5.74, 6) is -0.752. The van der Waals surface area contributed by atoms with Crippen molar-refractivity contribution >= 4 is 15.9 Å². The van der Waals surface area contributed by atoms with Crippen molar-refractivity contribution in [2.75, 3.05) is 12.4 Å². The number of rotatable bonds is 4. The van der Waals surface area contributed by atoms with Gasteiger partial charge in [0.2, 0.25) is 10.0 Å². The molecule has 6 heteroatoms. The van der Waals surface area contributed by atoms with E-state index in [9.17, 15) is 13.2 Å². The molecule has 1 saturated heterocycles. The third kappa shape index (κ3) is 4.54. The predicted molar refractivity (Wildman–Crippen MR) is 80.8 cm³/mol. The van der Waals surface area contributed by atoms with Gasteiger partial charge in [-0.05, 0) is 56.4 Å². The zero-order valence-corrected chi connectivity index (χ0v) is 13.2. The van der Waals surface area contributed by atoms with E-state index in [1.807, 2.05) is 13.8 Å². The van der Waals surface area contributed by atoms with Crippen LogP contribution in [0.1, 0.15) is 40.7 Å². The Morgan fingerprint density at radius 1 is 1.29 bits per heavy atom. The number of hydrogen-bond acceptors (Lipinski definition) is 4. The first-order valence-corrected chi connectivity index (χ1v) is 8.76. The van der Waals surface area contributed by atoms with Crippen molar-refractivity contribution in [2.24, 2.45) is 0 Å². The van der Waals surface area contributed by atoms with Crippen LogP contribution < -0.4 is 4.72 Å². The van der Waals surface area contributed by atoms with Gasteiger partial charge in [0.05, 0.1) is 11.9 Å². The first-order chi connectivity index (χ1) is 9.87. The van der Waals surface area contributed by atoms with E-state index < -0.39 is 15.9 Å². The van der Waals surface area contributed by atoms with Crippen LogP contribution in [-0.4, -0.2) is 32.8 Å². The molecule has 0 unspecified atom stereocenters. The van der Waals surface area contributed by atoms with Gasteiger partial charge in [0.1, 0.15) is 0 Å². The minimum absolute atomic E-state index is 0.163. The summed E-state index contributed by atoms with van der Waals surface area (Å²) in [7, 11) is -3.68. The minimum Gasteiger partial charge on any atom is -0.377 e. The number of carbonyl (C=O) groups is 1. The highest BCUT2D eigenvalue weighted by Crippen LogP contribution is 2.15. The highest BCUT2D eigenvalue weighted by molar-refractivity contribution is 7.90. The molecule has 0 bridgehead atoms. The molecule has 1 N–H and O–H groups in total. The van der Waals surface area contributed by atoms with Crippen molar-refractivity contribution in [2.45, 2.75) is 39.2 Å². The van der Waals surface area contributed by atoms with E-state index in [2.05, 4.69) is 4.72 Å². The number of carbonyl (C=O) groups excluding carboxylic acids is 1. The first-order valence-electron chi connectivity index (χ1n) is 7.11. The van der Waals surface area contributed by atoms with Crippen molar-refractivity contribution in [3.8, 4) is 0 Å². The predicted octanol–water partition coefficient (Wildman–Crippen LogP) is 1.93. The van der Waals surface area contributed by atoms with E-state index in [1.165, 1.54) is 0 Å². The van der Waals surface area contributed by atoms with E-state index in [0.29, 0.717) is 12.2 Å². The lowest BCUT2D eigenvalue weighted by Gasteiger charge is -2.22. The van der Waals surface area contributed by atoms with E-state index in [-0.39, 0.29) is 11.9 Å². The molecule has 0 spiro atoms. The summed E-state index contributed by atoms with van der Waals surface area (Å²) in [5, 5.41) is 0. The minimum atomic E-state index is -3.68. The molecule has 1 aromatic carbocycles. The highest BCUT2D eigenvalue weighted by Gasteiger charge is 2.24. The molecule has 116 valence electrons. The van der Waals surface area contributed by atoms with Crippen molar-refractivity contribution in [3.05, 3.63) is 34.9 Å². The average molecular weight is 311 g/mol. The third-order valence-electron chi connectivity index (χ3n) is 3.70. The summed E-state index contributed by atoms with van der Waals surface area (Å²) in [6.45, 7) is 4.41. The van der Waals surface area contributed by atoms with Crippen LogP contribution in [0, 0.1) is 13.8 Å². The second-order valence-corrected chi connectivity index (χ2v) is 7.27. The molecule has 1 fully saturated rings. The number of aryl methyl sites for hydroxylation is 2. The van der Waals surface area contributed by atoms with E-state index in [1.54, 1.807) is 18.2 Å². The van der Waals surface area contributed by atoms with Gasteiger partial charge in [-0.2, -0.15) is 0 Å². The monoisotopic (exact) mass is 311 g/mol. The van der Waals surface area contributed by atoms with Gasteiger partial charge in [-0.25, -0.2) is 13.1 Å². The summed E-state index contributed by atoms with van der Waals surface area (Å²) in [4.78, 5) is 12.0. The van der Waals surface area contributed by atoms with Crippen LogP contribution in [0.25, 0.3) is 0 Å². The molecule has 1 aliphatic rings. The molecule has 0 saturated carbocycles. The molecule has 21 heavy (non-hydrogen) atoms. The fourth-order valence-electron chi connectivity index (χ4n) is 2.31. The quantitative estimate of drug-likeness (QED) is 0.922. The van der Waals surface area contributed by atoms with Gasteiger partial charge < -0.3 is 4.74 Å². The summed E-state index contributed by atoms with van der Waals surface area (Å²) in [6, 6.07) is 5.13. The summed E-state index contributed by atoms with van der Waals surface area (Å²) >= 11 is 0. The Morgan fingerprint density at radius 2 is 2.05 bits per heavy atom. The lowest BCUT2D eigenvalue weighted by atomic mass is 10.1. The number of sulfonamides is 1. The zero-order valence-electron chi connectivity index (χ0n) is 12.4. The van der Waals surface area contributed by atoms with Gasteiger partial charge in [0.15, 0.2) is 0 Å². The molecule has 5 nitrogen and oxygen atoms in total. The van der Waals surface area contributed by atoms with Crippen LogP contribution in [0.3, 0.4) is 0 Å².